The number of hydrogen-bond acceptors (Lipinski definition) is 4. The summed E-state index contributed by atoms with van der Waals surface area (Å²) < 4.78 is 23.7. The molecule has 2 aromatic rings. The highest BCUT2D eigenvalue weighted by atomic mass is 32.2. The number of rotatable bonds is 6. The minimum Gasteiger partial charge on any atom is -0.481 e. The van der Waals surface area contributed by atoms with Crippen molar-refractivity contribution in [2.45, 2.75) is 17.4 Å². The molecule has 3 rings (SSSR count). The van der Waals surface area contributed by atoms with Crippen LogP contribution in [-0.4, -0.2) is 31.7 Å². The molecule has 0 unspecified atom stereocenters. The first kappa shape index (κ1) is 18.1. The van der Waals surface area contributed by atoms with Gasteiger partial charge in [-0.15, -0.1) is 0 Å². The van der Waals surface area contributed by atoms with E-state index in [9.17, 15) is 18.0 Å². The van der Waals surface area contributed by atoms with Crippen molar-refractivity contribution in [2.24, 2.45) is 11.8 Å². The molecule has 6 nitrogen and oxygen atoms in total. The van der Waals surface area contributed by atoms with Gasteiger partial charge in [-0.1, -0.05) is 42.5 Å². The van der Waals surface area contributed by atoms with Crippen molar-refractivity contribution in [3.8, 4) is 0 Å². The Morgan fingerprint density at radius 3 is 2.27 bits per heavy atom. The first-order chi connectivity index (χ1) is 12.3. The van der Waals surface area contributed by atoms with E-state index in [1.807, 2.05) is 30.3 Å². The Kier molecular flexibility index (Phi) is 4.82. The highest BCUT2D eigenvalue weighted by Gasteiger charge is 2.48. The number of amides is 1. The first-order valence-corrected chi connectivity index (χ1v) is 10.0. The summed E-state index contributed by atoms with van der Waals surface area (Å²) in [4.78, 5) is 23.6. The predicted octanol–water partition coefficient (Wildman–Crippen LogP) is 2.02. The van der Waals surface area contributed by atoms with Gasteiger partial charge < -0.3 is 10.4 Å². The monoisotopic (exact) mass is 373 g/mol. The molecule has 1 aliphatic carbocycles. The van der Waals surface area contributed by atoms with E-state index in [1.54, 1.807) is 12.1 Å². The summed E-state index contributed by atoms with van der Waals surface area (Å²) in [5, 5.41) is 11.9. The molecule has 0 aliphatic heterocycles. The van der Waals surface area contributed by atoms with Crippen LogP contribution in [0.5, 0.6) is 0 Å². The number of hydrogen-bond donors (Lipinski definition) is 2. The number of aliphatic carboxylic acids is 1. The number of carboxylic acid groups (broad SMARTS) is 1. The molecule has 2 aromatic carbocycles. The Morgan fingerprint density at radius 1 is 1.04 bits per heavy atom. The Bertz CT molecular complexity index is 939. The van der Waals surface area contributed by atoms with Crippen molar-refractivity contribution >= 4 is 21.7 Å². The van der Waals surface area contributed by atoms with Crippen LogP contribution in [0.3, 0.4) is 0 Å². The maximum absolute atomic E-state index is 12.5. The molecule has 1 saturated carbocycles. The second-order valence-corrected chi connectivity index (χ2v) is 8.50. The number of carbonyl (C=O) groups excluding carboxylic acids is 1. The average molecular weight is 373 g/mol. The van der Waals surface area contributed by atoms with Gasteiger partial charge in [0.2, 0.25) is 5.91 Å². The van der Waals surface area contributed by atoms with Gasteiger partial charge in [0.15, 0.2) is 9.84 Å². The number of carboxylic acids is 1. The molecule has 0 bridgehead atoms. The zero-order valence-electron chi connectivity index (χ0n) is 14.1. The third-order valence-corrected chi connectivity index (χ3v) is 5.59. The summed E-state index contributed by atoms with van der Waals surface area (Å²) in [6.07, 6.45) is 1.45. The van der Waals surface area contributed by atoms with E-state index in [0.29, 0.717) is 12.0 Å². The minimum atomic E-state index is -3.38. The number of carbonyl (C=O) groups is 2. The lowest BCUT2D eigenvalue weighted by atomic mass is 9.98. The molecule has 0 aromatic heterocycles. The summed E-state index contributed by atoms with van der Waals surface area (Å²) in [6.45, 7) is 0. The maximum Gasteiger partial charge on any atom is 0.307 e. The van der Waals surface area contributed by atoms with Crippen LogP contribution >= 0.6 is 0 Å². The molecule has 0 radical (unpaired) electrons. The van der Waals surface area contributed by atoms with Gasteiger partial charge in [-0.05, 0) is 29.7 Å². The normalized spacial score (nSPS) is 20.2. The van der Waals surface area contributed by atoms with E-state index in [1.165, 1.54) is 12.1 Å². The molecule has 1 fully saturated rings. The smallest absolute Gasteiger partial charge is 0.307 e. The molecule has 2 N–H and O–H groups in total. The van der Waals surface area contributed by atoms with Gasteiger partial charge in [-0.25, -0.2) is 8.42 Å². The lowest BCUT2D eigenvalue weighted by Crippen LogP contribution is -2.31. The molecule has 1 amide bonds. The van der Waals surface area contributed by atoms with Crippen molar-refractivity contribution in [3.05, 3.63) is 65.7 Å². The Morgan fingerprint density at radius 2 is 1.69 bits per heavy atom. The van der Waals surface area contributed by atoms with Crippen LogP contribution in [0.15, 0.2) is 59.5 Å². The fourth-order valence-corrected chi connectivity index (χ4v) is 3.61. The summed E-state index contributed by atoms with van der Waals surface area (Å²) >= 11 is 0. The maximum atomic E-state index is 12.5. The standard InChI is InChI=1S/C19H19NO5S/c1-26(24,25)14-9-5-8-13(10-14)17(12-6-3-2-4-7-12)20-18(21)15-11-16(15)19(22)23/h2-10,15-17H,11H2,1H3,(H,20,21)(H,22,23)/t15-,16+,17+/m0/s1. The van der Waals surface area contributed by atoms with Crippen LogP contribution < -0.4 is 5.32 Å². The first-order valence-electron chi connectivity index (χ1n) is 8.15. The molecular weight excluding hydrogens is 354 g/mol. The zero-order chi connectivity index (χ0) is 18.9. The van der Waals surface area contributed by atoms with E-state index in [2.05, 4.69) is 5.32 Å². The SMILES string of the molecule is CS(=O)(=O)c1cccc([C@H](NC(=O)[C@H]2C[C@H]2C(=O)O)c2ccccc2)c1. The lowest BCUT2D eigenvalue weighted by Gasteiger charge is -2.20. The van der Waals surface area contributed by atoms with Crippen molar-refractivity contribution in [2.75, 3.05) is 6.26 Å². The predicted molar refractivity (Wildman–Crippen MR) is 95.2 cm³/mol. The minimum absolute atomic E-state index is 0.167. The van der Waals surface area contributed by atoms with E-state index in [0.717, 1.165) is 11.8 Å². The summed E-state index contributed by atoms with van der Waals surface area (Å²) in [5.41, 5.74) is 1.42. The van der Waals surface area contributed by atoms with Gasteiger partial charge in [0.25, 0.3) is 0 Å². The highest BCUT2D eigenvalue weighted by molar-refractivity contribution is 7.90. The number of sulfone groups is 1. The summed E-state index contributed by atoms with van der Waals surface area (Å²) in [7, 11) is -3.38. The van der Waals surface area contributed by atoms with Crippen molar-refractivity contribution in [1.82, 2.24) is 5.32 Å². The molecule has 7 heteroatoms. The number of benzene rings is 2. The molecule has 0 spiro atoms. The molecule has 3 atom stereocenters. The number of nitrogens with one attached hydrogen (secondary N) is 1. The van der Waals surface area contributed by atoms with Gasteiger partial charge in [0.1, 0.15) is 0 Å². The highest BCUT2D eigenvalue weighted by Crippen LogP contribution is 2.39. The second kappa shape index (κ2) is 6.92. The Labute approximate surface area is 151 Å². The van der Waals surface area contributed by atoms with Crippen LogP contribution in [0.25, 0.3) is 0 Å². The third kappa shape index (κ3) is 3.94. The molecule has 136 valence electrons. The zero-order valence-corrected chi connectivity index (χ0v) is 14.9. The molecule has 1 aliphatic rings. The van der Waals surface area contributed by atoms with Crippen LogP contribution in [0.4, 0.5) is 0 Å². The molecular formula is C19H19NO5S. The van der Waals surface area contributed by atoms with Gasteiger partial charge in [0, 0.05) is 6.26 Å². The fraction of sp³-hybridized carbons (Fsp3) is 0.263. The Balaban J connectivity index is 1.93. The quantitative estimate of drug-likeness (QED) is 0.807. The fourth-order valence-electron chi connectivity index (χ4n) is 2.94. The van der Waals surface area contributed by atoms with Gasteiger partial charge in [-0.2, -0.15) is 0 Å². The van der Waals surface area contributed by atoms with Gasteiger partial charge >= 0.3 is 5.97 Å². The Hall–Kier alpha value is -2.67. The summed E-state index contributed by atoms with van der Waals surface area (Å²) in [6, 6.07) is 15.0. The van der Waals surface area contributed by atoms with Crippen LogP contribution in [0.2, 0.25) is 0 Å². The van der Waals surface area contributed by atoms with E-state index in [-0.39, 0.29) is 10.8 Å². The summed E-state index contributed by atoms with van der Waals surface area (Å²) in [5.74, 6) is -2.50. The van der Waals surface area contributed by atoms with E-state index >= 15 is 0 Å². The van der Waals surface area contributed by atoms with Crippen molar-refractivity contribution in [1.29, 1.82) is 0 Å². The molecule has 0 saturated heterocycles. The largest absolute Gasteiger partial charge is 0.481 e. The average Bonchev–Trinajstić information content (AvgIpc) is 3.41. The van der Waals surface area contributed by atoms with Crippen molar-refractivity contribution < 1.29 is 23.1 Å². The van der Waals surface area contributed by atoms with Crippen LogP contribution in [-0.2, 0) is 19.4 Å². The van der Waals surface area contributed by atoms with Gasteiger partial charge in [0.05, 0.1) is 22.8 Å². The van der Waals surface area contributed by atoms with Crippen LogP contribution in [0, 0.1) is 11.8 Å². The second-order valence-electron chi connectivity index (χ2n) is 6.48. The van der Waals surface area contributed by atoms with E-state index in [4.69, 9.17) is 5.11 Å². The van der Waals surface area contributed by atoms with E-state index < -0.39 is 33.7 Å². The third-order valence-electron chi connectivity index (χ3n) is 4.48. The topological polar surface area (TPSA) is 101 Å². The van der Waals surface area contributed by atoms with Crippen LogP contribution in [0.1, 0.15) is 23.6 Å². The van der Waals surface area contributed by atoms with Gasteiger partial charge in [-0.3, -0.25) is 9.59 Å². The molecule has 0 heterocycles. The molecule has 26 heavy (non-hydrogen) atoms. The lowest BCUT2D eigenvalue weighted by molar-refractivity contribution is -0.140. The van der Waals surface area contributed by atoms with Crippen molar-refractivity contribution in [3.63, 3.8) is 0 Å².